The zero-order valence-corrected chi connectivity index (χ0v) is 10.9. The number of hydrogen-bond donors (Lipinski definition) is 1. The zero-order chi connectivity index (χ0) is 14.0. The van der Waals surface area contributed by atoms with Gasteiger partial charge in [-0.15, -0.1) is 0 Å². The molecular formula is C14H20F2O3. The Balaban J connectivity index is 2.10. The molecule has 0 atom stereocenters. The minimum absolute atomic E-state index is 0.0158. The molecule has 0 aliphatic rings. The normalized spacial score (nSPS) is 11.7. The van der Waals surface area contributed by atoms with E-state index < -0.39 is 5.92 Å². The molecule has 0 saturated heterocycles. The SMILES string of the molecule is OCCOCCC(F)(F)CCOCc1ccccc1. The van der Waals surface area contributed by atoms with E-state index in [2.05, 4.69) is 0 Å². The topological polar surface area (TPSA) is 38.7 Å². The van der Waals surface area contributed by atoms with Crippen LogP contribution < -0.4 is 0 Å². The van der Waals surface area contributed by atoms with Crippen LogP contribution in [0.4, 0.5) is 8.78 Å². The number of aliphatic hydroxyl groups excluding tert-OH is 1. The molecule has 5 heteroatoms. The van der Waals surface area contributed by atoms with E-state index in [4.69, 9.17) is 14.6 Å². The van der Waals surface area contributed by atoms with Crippen molar-refractivity contribution in [3.63, 3.8) is 0 Å². The fourth-order valence-corrected chi connectivity index (χ4v) is 1.50. The first-order chi connectivity index (χ1) is 9.14. The van der Waals surface area contributed by atoms with Gasteiger partial charge in [0.1, 0.15) is 0 Å². The number of ether oxygens (including phenoxy) is 2. The molecule has 1 N–H and O–H groups in total. The van der Waals surface area contributed by atoms with Crippen molar-refractivity contribution in [2.75, 3.05) is 26.4 Å². The second-order valence-corrected chi connectivity index (χ2v) is 4.23. The van der Waals surface area contributed by atoms with E-state index in [1.54, 1.807) is 0 Å². The van der Waals surface area contributed by atoms with Crippen LogP contribution in [-0.2, 0) is 16.1 Å². The minimum atomic E-state index is -2.79. The highest BCUT2D eigenvalue weighted by atomic mass is 19.3. The zero-order valence-electron chi connectivity index (χ0n) is 10.9. The average Bonchev–Trinajstić information content (AvgIpc) is 2.41. The number of alkyl halides is 2. The minimum Gasteiger partial charge on any atom is -0.394 e. The van der Waals surface area contributed by atoms with E-state index in [1.807, 2.05) is 30.3 Å². The molecule has 0 saturated carbocycles. The third kappa shape index (κ3) is 7.87. The van der Waals surface area contributed by atoms with Crippen molar-refractivity contribution < 1.29 is 23.4 Å². The Morgan fingerprint density at radius 2 is 1.58 bits per heavy atom. The quantitative estimate of drug-likeness (QED) is 0.667. The lowest BCUT2D eigenvalue weighted by molar-refractivity contribution is -0.0610. The molecule has 0 fully saturated rings. The molecule has 0 spiro atoms. The second-order valence-electron chi connectivity index (χ2n) is 4.23. The second kappa shape index (κ2) is 8.96. The molecule has 0 amide bonds. The lowest BCUT2D eigenvalue weighted by Crippen LogP contribution is -2.21. The van der Waals surface area contributed by atoms with Gasteiger partial charge in [0.15, 0.2) is 0 Å². The Morgan fingerprint density at radius 1 is 0.947 bits per heavy atom. The maximum atomic E-state index is 13.4. The van der Waals surface area contributed by atoms with Crippen molar-refractivity contribution in [2.45, 2.75) is 25.4 Å². The predicted molar refractivity (Wildman–Crippen MR) is 68.2 cm³/mol. The van der Waals surface area contributed by atoms with Gasteiger partial charge in [-0.25, -0.2) is 8.78 Å². The molecule has 19 heavy (non-hydrogen) atoms. The Morgan fingerprint density at radius 3 is 2.21 bits per heavy atom. The highest BCUT2D eigenvalue weighted by Gasteiger charge is 2.27. The lowest BCUT2D eigenvalue weighted by Gasteiger charge is -2.16. The maximum absolute atomic E-state index is 13.4. The fraction of sp³-hybridized carbons (Fsp3) is 0.571. The van der Waals surface area contributed by atoms with Gasteiger partial charge in [0, 0.05) is 12.8 Å². The van der Waals surface area contributed by atoms with Crippen molar-refractivity contribution in [1.29, 1.82) is 0 Å². The average molecular weight is 274 g/mol. The standard InChI is InChI=1S/C14H20F2O3/c15-14(16,6-9-18-11-8-17)7-10-19-12-13-4-2-1-3-5-13/h1-5,17H,6-12H2. The van der Waals surface area contributed by atoms with Gasteiger partial charge in [0.05, 0.1) is 33.0 Å². The molecule has 0 bridgehead atoms. The van der Waals surface area contributed by atoms with Gasteiger partial charge in [0.25, 0.3) is 5.92 Å². The molecule has 1 rings (SSSR count). The molecule has 0 aromatic heterocycles. The van der Waals surface area contributed by atoms with Gasteiger partial charge in [-0.05, 0) is 5.56 Å². The Labute approximate surface area is 112 Å². The van der Waals surface area contributed by atoms with Gasteiger partial charge in [-0.3, -0.25) is 0 Å². The number of halogens is 2. The Kier molecular flexibility index (Phi) is 7.55. The molecule has 0 unspecified atom stereocenters. The molecule has 3 nitrogen and oxygen atoms in total. The summed E-state index contributed by atoms with van der Waals surface area (Å²) in [5.41, 5.74) is 0.970. The Hall–Kier alpha value is -1.04. The Bertz CT molecular complexity index is 331. The van der Waals surface area contributed by atoms with Crippen molar-refractivity contribution in [1.82, 2.24) is 0 Å². The predicted octanol–water partition coefficient (Wildman–Crippen LogP) is 2.63. The first-order valence-corrected chi connectivity index (χ1v) is 6.32. The van der Waals surface area contributed by atoms with Crippen molar-refractivity contribution >= 4 is 0 Å². The van der Waals surface area contributed by atoms with Crippen LogP contribution in [0.15, 0.2) is 30.3 Å². The molecule has 0 radical (unpaired) electrons. The highest BCUT2D eigenvalue weighted by molar-refractivity contribution is 5.13. The molecule has 0 aliphatic heterocycles. The molecule has 1 aromatic carbocycles. The third-order valence-corrected chi connectivity index (χ3v) is 2.57. The summed E-state index contributed by atoms with van der Waals surface area (Å²) in [5.74, 6) is -2.79. The van der Waals surface area contributed by atoms with E-state index in [1.165, 1.54) is 0 Å². The summed E-state index contributed by atoms with van der Waals surface area (Å²) in [4.78, 5) is 0. The van der Waals surface area contributed by atoms with Crippen molar-refractivity contribution in [2.24, 2.45) is 0 Å². The van der Waals surface area contributed by atoms with Crippen molar-refractivity contribution in [3.8, 4) is 0 Å². The molecular weight excluding hydrogens is 254 g/mol. The van der Waals surface area contributed by atoms with E-state index in [9.17, 15) is 8.78 Å². The van der Waals surface area contributed by atoms with Gasteiger partial charge >= 0.3 is 0 Å². The first kappa shape index (κ1) is 16.0. The van der Waals surface area contributed by atoms with Crippen LogP contribution in [0.25, 0.3) is 0 Å². The smallest absolute Gasteiger partial charge is 0.252 e. The number of rotatable bonds is 10. The number of hydrogen-bond acceptors (Lipinski definition) is 3. The maximum Gasteiger partial charge on any atom is 0.252 e. The van der Waals surface area contributed by atoms with E-state index >= 15 is 0 Å². The molecule has 108 valence electrons. The first-order valence-electron chi connectivity index (χ1n) is 6.32. The lowest BCUT2D eigenvalue weighted by atomic mass is 10.2. The summed E-state index contributed by atoms with van der Waals surface area (Å²) in [6.07, 6.45) is -0.663. The van der Waals surface area contributed by atoms with E-state index in [-0.39, 0.29) is 39.3 Å². The summed E-state index contributed by atoms with van der Waals surface area (Å²) in [6, 6.07) is 9.43. The highest BCUT2D eigenvalue weighted by Crippen LogP contribution is 2.22. The summed E-state index contributed by atoms with van der Waals surface area (Å²) in [5, 5.41) is 8.44. The van der Waals surface area contributed by atoms with Gasteiger partial charge < -0.3 is 14.6 Å². The summed E-state index contributed by atoms with van der Waals surface area (Å²) in [6.45, 7) is 0.262. The van der Waals surface area contributed by atoms with Crippen molar-refractivity contribution in [3.05, 3.63) is 35.9 Å². The summed E-state index contributed by atoms with van der Waals surface area (Å²) >= 11 is 0. The van der Waals surface area contributed by atoms with E-state index in [0.717, 1.165) is 5.56 Å². The van der Waals surface area contributed by atoms with Gasteiger partial charge in [0.2, 0.25) is 0 Å². The third-order valence-electron chi connectivity index (χ3n) is 2.57. The molecule has 0 aliphatic carbocycles. The van der Waals surface area contributed by atoms with Crippen LogP contribution in [0.5, 0.6) is 0 Å². The van der Waals surface area contributed by atoms with Crippen LogP contribution in [0.3, 0.4) is 0 Å². The largest absolute Gasteiger partial charge is 0.394 e. The van der Waals surface area contributed by atoms with Crippen LogP contribution in [0.2, 0.25) is 0 Å². The van der Waals surface area contributed by atoms with Crippen LogP contribution in [-0.4, -0.2) is 37.5 Å². The monoisotopic (exact) mass is 274 g/mol. The van der Waals surface area contributed by atoms with Gasteiger partial charge in [-0.2, -0.15) is 0 Å². The van der Waals surface area contributed by atoms with Gasteiger partial charge in [-0.1, -0.05) is 30.3 Å². The van der Waals surface area contributed by atoms with Crippen LogP contribution in [0, 0.1) is 0 Å². The number of aliphatic hydroxyl groups is 1. The number of benzene rings is 1. The summed E-state index contributed by atoms with van der Waals surface area (Å²) < 4.78 is 36.8. The van der Waals surface area contributed by atoms with E-state index in [0.29, 0.717) is 6.61 Å². The van der Waals surface area contributed by atoms with Crippen LogP contribution >= 0.6 is 0 Å². The summed E-state index contributed by atoms with van der Waals surface area (Å²) in [7, 11) is 0. The molecule has 0 heterocycles. The fourth-order valence-electron chi connectivity index (χ4n) is 1.50. The molecule has 1 aromatic rings. The van der Waals surface area contributed by atoms with Crippen LogP contribution in [0.1, 0.15) is 18.4 Å².